The summed E-state index contributed by atoms with van der Waals surface area (Å²) in [7, 11) is -1.66. The highest BCUT2D eigenvalue weighted by molar-refractivity contribution is 6.85. The molecule has 0 aromatic rings. The Morgan fingerprint density at radius 3 is 1.50 bits per heavy atom. The summed E-state index contributed by atoms with van der Waals surface area (Å²) in [5.41, 5.74) is -0.0139. The van der Waals surface area contributed by atoms with Gasteiger partial charge in [-0.3, -0.25) is 0 Å². The third-order valence-electron chi connectivity index (χ3n) is 2.61. The van der Waals surface area contributed by atoms with Crippen LogP contribution in [0, 0.1) is 0 Å². The van der Waals surface area contributed by atoms with Gasteiger partial charge in [-0.25, -0.2) is 4.39 Å². The van der Waals surface area contributed by atoms with Gasteiger partial charge < -0.3 is 0 Å². The van der Waals surface area contributed by atoms with Crippen molar-refractivity contribution in [3.63, 3.8) is 0 Å². The Kier molecular flexibility index (Phi) is 3.87. The predicted molar refractivity (Wildman–Crippen MR) is 47.4 cm³/mol. The minimum atomic E-state index is -1.66. The van der Waals surface area contributed by atoms with Gasteiger partial charge in [0.1, 0.15) is 8.07 Å². The molecule has 0 aliphatic rings. The van der Waals surface area contributed by atoms with Gasteiger partial charge in [-0.1, -0.05) is 45.5 Å². The summed E-state index contributed by atoms with van der Waals surface area (Å²) in [6, 6.07) is 2.99. The van der Waals surface area contributed by atoms with E-state index in [4.69, 9.17) is 0 Å². The molecule has 0 saturated carbocycles. The summed E-state index contributed by atoms with van der Waals surface area (Å²) in [6.45, 7) is 9.66. The summed E-state index contributed by atoms with van der Waals surface area (Å²) in [6.07, 6.45) is 0. The molecule has 0 aliphatic heterocycles. The number of hydrogen-bond donors (Lipinski definition) is 0. The van der Waals surface area contributed by atoms with Crippen molar-refractivity contribution in [1.29, 1.82) is 0 Å². The van der Waals surface area contributed by atoms with Crippen molar-refractivity contribution < 1.29 is 4.39 Å². The molecule has 0 bridgehead atoms. The standard InChI is InChI=1S/C8H17FSi/c1-5-10(6-2,7-3)8(4)9/h4-7H2,1-3H3. The minimum absolute atomic E-state index is 0.0139. The normalized spacial score (nSPS) is 11.6. The number of rotatable bonds is 4. The van der Waals surface area contributed by atoms with Gasteiger partial charge >= 0.3 is 0 Å². The Morgan fingerprint density at radius 1 is 1.20 bits per heavy atom. The second kappa shape index (κ2) is 3.91. The van der Waals surface area contributed by atoms with E-state index in [1.807, 2.05) is 0 Å². The average molecular weight is 160 g/mol. The number of halogens is 1. The smallest absolute Gasteiger partial charge is 0.122 e. The molecular weight excluding hydrogens is 143 g/mol. The lowest BCUT2D eigenvalue weighted by Gasteiger charge is -2.24. The molecule has 0 heterocycles. The molecule has 0 aliphatic carbocycles. The van der Waals surface area contributed by atoms with Crippen molar-refractivity contribution >= 4 is 8.07 Å². The predicted octanol–water partition coefficient (Wildman–Crippen LogP) is 3.52. The maximum Gasteiger partial charge on any atom is 0.122 e. The fraction of sp³-hybridized carbons (Fsp3) is 0.750. The molecule has 0 fully saturated rings. The molecule has 0 aromatic heterocycles. The van der Waals surface area contributed by atoms with Crippen molar-refractivity contribution in [3.05, 3.63) is 12.0 Å². The molecule has 0 radical (unpaired) electrons. The van der Waals surface area contributed by atoms with Crippen LogP contribution in [0.5, 0.6) is 0 Å². The van der Waals surface area contributed by atoms with E-state index in [-0.39, 0.29) is 5.45 Å². The van der Waals surface area contributed by atoms with E-state index < -0.39 is 8.07 Å². The van der Waals surface area contributed by atoms with Gasteiger partial charge in [0.25, 0.3) is 0 Å². The van der Waals surface area contributed by atoms with Crippen LogP contribution in [0.2, 0.25) is 18.1 Å². The van der Waals surface area contributed by atoms with Crippen molar-refractivity contribution in [1.82, 2.24) is 0 Å². The zero-order valence-corrected chi connectivity index (χ0v) is 8.21. The van der Waals surface area contributed by atoms with Crippen LogP contribution < -0.4 is 0 Å². The molecule has 0 spiro atoms. The molecule has 0 aromatic carbocycles. The Balaban J connectivity index is 4.31. The van der Waals surface area contributed by atoms with Crippen molar-refractivity contribution in [2.45, 2.75) is 38.9 Å². The fourth-order valence-electron chi connectivity index (χ4n) is 1.33. The van der Waals surface area contributed by atoms with E-state index >= 15 is 0 Å². The maximum atomic E-state index is 12.9. The van der Waals surface area contributed by atoms with E-state index in [9.17, 15) is 4.39 Å². The summed E-state index contributed by atoms with van der Waals surface area (Å²) >= 11 is 0. The molecule has 2 heteroatoms. The van der Waals surface area contributed by atoms with Crippen LogP contribution in [-0.2, 0) is 0 Å². The monoisotopic (exact) mass is 160 g/mol. The van der Waals surface area contributed by atoms with E-state index in [1.165, 1.54) is 0 Å². The lowest BCUT2D eigenvalue weighted by Crippen LogP contribution is -2.32. The Bertz CT molecular complexity index is 108. The van der Waals surface area contributed by atoms with Gasteiger partial charge in [0.2, 0.25) is 0 Å². The van der Waals surface area contributed by atoms with Crippen LogP contribution in [0.3, 0.4) is 0 Å². The van der Waals surface area contributed by atoms with Crippen LogP contribution in [0.15, 0.2) is 12.0 Å². The molecule has 0 saturated heterocycles. The quantitative estimate of drug-likeness (QED) is 0.552. The van der Waals surface area contributed by atoms with Crippen molar-refractivity contribution in [3.8, 4) is 0 Å². The molecular formula is C8H17FSi. The van der Waals surface area contributed by atoms with E-state index in [1.54, 1.807) is 0 Å². The fourth-order valence-corrected chi connectivity index (χ4v) is 3.98. The first kappa shape index (κ1) is 9.89. The van der Waals surface area contributed by atoms with Crippen LogP contribution >= 0.6 is 0 Å². The minimum Gasteiger partial charge on any atom is -0.218 e. The summed E-state index contributed by atoms with van der Waals surface area (Å²) in [4.78, 5) is 0. The van der Waals surface area contributed by atoms with Gasteiger partial charge in [-0.15, -0.1) is 0 Å². The summed E-state index contributed by atoms with van der Waals surface area (Å²) < 4.78 is 12.9. The highest BCUT2D eigenvalue weighted by Gasteiger charge is 2.30. The molecule has 0 atom stereocenters. The van der Waals surface area contributed by atoms with Crippen LogP contribution in [-0.4, -0.2) is 8.07 Å². The van der Waals surface area contributed by atoms with Gasteiger partial charge in [0, 0.05) is 0 Å². The van der Waals surface area contributed by atoms with E-state index in [2.05, 4.69) is 27.4 Å². The summed E-state index contributed by atoms with van der Waals surface area (Å²) in [5.74, 6) is 0. The lowest BCUT2D eigenvalue weighted by atomic mass is 10.9. The topological polar surface area (TPSA) is 0 Å². The third kappa shape index (κ3) is 1.69. The summed E-state index contributed by atoms with van der Waals surface area (Å²) in [5, 5.41) is 0. The molecule has 0 N–H and O–H groups in total. The van der Waals surface area contributed by atoms with E-state index in [0.717, 1.165) is 18.1 Å². The molecule has 0 nitrogen and oxygen atoms in total. The Morgan fingerprint density at radius 2 is 1.50 bits per heavy atom. The highest BCUT2D eigenvalue weighted by Crippen LogP contribution is 2.27. The van der Waals surface area contributed by atoms with E-state index in [0.29, 0.717) is 0 Å². The average Bonchev–Trinajstić information content (AvgIpc) is 1.92. The van der Waals surface area contributed by atoms with Crippen molar-refractivity contribution in [2.75, 3.05) is 0 Å². The van der Waals surface area contributed by atoms with Crippen LogP contribution in [0.1, 0.15) is 20.8 Å². The van der Waals surface area contributed by atoms with Crippen LogP contribution in [0.4, 0.5) is 4.39 Å². The molecule has 0 rings (SSSR count). The zero-order chi connectivity index (χ0) is 8.20. The highest BCUT2D eigenvalue weighted by atomic mass is 28.3. The molecule has 60 valence electrons. The first-order valence-electron chi connectivity index (χ1n) is 3.97. The zero-order valence-electron chi connectivity index (χ0n) is 7.21. The van der Waals surface area contributed by atoms with Gasteiger partial charge in [0.05, 0.1) is 5.45 Å². The SMILES string of the molecule is C=C(F)[Si](CC)(CC)CC. The first-order chi connectivity index (χ1) is 4.63. The maximum absolute atomic E-state index is 12.9. The molecule has 0 unspecified atom stereocenters. The number of hydrogen-bond acceptors (Lipinski definition) is 0. The third-order valence-corrected chi connectivity index (χ3v) is 7.82. The van der Waals surface area contributed by atoms with Gasteiger partial charge in [0.15, 0.2) is 0 Å². The lowest BCUT2D eigenvalue weighted by molar-refractivity contribution is 0.679. The first-order valence-corrected chi connectivity index (χ1v) is 6.60. The van der Waals surface area contributed by atoms with Crippen molar-refractivity contribution in [2.24, 2.45) is 0 Å². The molecule has 10 heavy (non-hydrogen) atoms. The largest absolute Gasteiger partial charge is 0.218 e. The van der Waals surface area contributed by atoms with Gasteiger partial charge in [-0.2, -0.15) is 0 Å². The Labute approximate surface area is 64.2 Å². The Hall–Kier alpha value is -0.113. The second-order valence-electron chi connectivity index (χ2n) is 2.75. The van der Waals surface area contributed by atoms with Crippen LogP contribution in [0.25, 0.3) is 0 Å². The molecule has 0 amide bonds. The second-order valence-corrected chi connectivity index (χ2v) is 7.97. The van der Waals surface area contributed by atoms with Gasteiger partial charge in [-0.05, 0) is 0 Å².